The number of hydrogen-bond acceptors (Lipinski definition) is 5. The molecule has 0 rings (SSSR count). The number of aliphatic carboxylic acids is 1. The summed E-state index contributed by atoms with van der Waals surface area (Å²) in [5.41, 5.74) is 5.03. The average molecular weight is 260 g/mol. The van der Waals surface area contributed by atoms with Gasteiger partial charge in [-0.15, -0.1) is 0 Å². The molecule has 0 aromatic heterocycles. The third kappa shape index (κ3) is 7.17. The van der Waals surface area contributed by atoms with E-state index in [-0.39, 0.29) is 19.6 Å². The van der Waals surface area contributed by atoms with E-state index in [2.05, 4.69) is 10.6 Å². The van der Waals surface area contributed by atoms with Gasteiger partial charge in [-0.1, -0.05) is 0 Å². The molecule has 0 aromatic carbocycles. The Morgan fingerprint density at radius 3 is 2.17 bits per heavy atom. The van der Waals surface area contributed by atoms with Gasteiger partial charge in [0.2, 0.25) is 17.7 Å². The Hall–Kier alpha value is -2.16. The van der Waals surface area contributed by atoms with E-state index in [1.165, 1.54) is 7.05 Å². The minimum atomic E-state index is -1.17. The molecule has 5 N–H and O–H groups in total. The first-order valence-electron chi connectivity index (χ1n) is 5.06. The van der Waals surface area contributed by atoms with Crippen LogP contribution < -0.4 is 16.4 Å². The molecule has 0 atom stereocenters. The Morgan fingerprint density at radius 1 is 1.11 bits per heavy atom. The third-order valence-corrected chi connectivity index (χ3v) is 1.87. The zero-order chi connectivity index (χ0) is 14.1. The first-order valence-corrected chi connectivity index (χ1v) is 5.06. The highest BCUT2D eigenvalue weighted by Crippen LogP contribution is 1.84. The maximum absolute atomic E-state index is 11.4. The largest absolute Gasteiger partial charge is 0.480 e. The van der Waals surface area contributed by atoms with Gasteiger partial charge in [0.25, 0.3) is 0 Å². The van der Waals surface area contributed by atoms with Gasteiger partial charge < -0.3 is 26.4 Å². The van der Waals surface area contributed by atoms with Crippen LogP contribution in [0.15, 0.2) is 0 Å². The summed E-state index contributed by atoms with van der Waals surface area (Å²) < 4.78 is 0. The average Bonchev–Trinajstić information content (AvgIpc) is 2.32. The molecule has 9 nitrogen and oxygen atoms in total. The number of carboxylic acid groups (broad SMARTS) is 1. The van der Waals surface area contributed by atoms with E-state index >= 15 is 0 Å². The Balaban J connectivity index is 3.96. The topological polar surface area (TPSA) is 142 Å². The number of carbonyl (C=O) groups excluding carboxylic acids is 3. The van der Waals surface area contributed by atoms with Crippen molar-refractivity contribution < 1.29 is 24.3 Å². The van der Waals surface area contributed by atoms with Crippen LogP contribution in [0.2, 0.25) is 0 Å². The summed E-state index contributed by atoms with van der Waals surface area (Å²) in [6.45, 7) is -1.29. The molecule has 0 unspecified atom stereocenters. The smallest absolute Gasteiger partial charge is 0.322 e. The van der Waals surface area contributed by atoms with Crippen LogP contribution in [-0.4, -0.2) is 66.9 Å². The van der Waals surface area contributed by atoms with E-state index in [4.69, 9.17) is 10.8 Å². The Labute approximate surface area is 103 Å². The van der Waals surface area contributed by atoms with Gasteiger partial charge in [0, 0.05) is 7.05 Å². The lowest BCUT2D eigenvalue weighted by molar-refractivity contribution is -0.139. The van der Waals surface area contributed by atoms with Crippen molar-refractivity contribution in [2.45, 2.75) is 0 Å². The van der Waals surface area contributed by atoms with Crippen LogP contribution in [0.25, 0.3) is 0 Å². The zero-order valence-corrected chi connectivity index (χ0v) is 9.93. The quantitative estimate of drug-likeness (QED) is 0.378. The number of rotatable bonds is 7. The predicted molar refractivity (Wildman–Crippen MR) is 60.3 cm³/mol. The number of amides is 3. The first-order chi connectivity index (χ1) is 8.36. The summed E-state index contributed by atoms with van der Waals surface area (Å²) in [4.78, 5) is 44.6. The summed E-state index contributed by atoms with van der Waals surface area (Å²) in [5.74, 6) is -2.74. The van der Waals surface area contributed by atoms with Crippen molar-refractivity contribution in [3.63, 3.8) is 0 Å². The molecule has 0 radical (unpaired) electrons. The molecule has 0 fully saturated rings. The van der Waals surface area contributed by atoms with E-state index in [9.17, 15) is 19.2 Å². The van der Waals surface area contributed by atoms with Gasteiger partial charge in [-0.2, -0.15) is 0 Å². The number of nitrogens with zero attached hydrogens (tertiary/aromatic N) is 1. The molecular weight excluding hydrogens is 244 g/mol. The second-order valence-corrected chi connectivity index (χ2v) is 3.40. The molecule has 0 aliphatic carbocycles. The number of nitrogens with two attached hydrogens (primary N) is 1. The number of nitrogens with one attached hydrogen (secondary N) is 2. The van der Waals surface area contributed by atoms with Crippen LogP contribution in [0.5, 0.6) is 0 Å². The van der Waals surface area contributed by atoms with Gasteiger partial charge in [-0.3, -0.25) is 19.2 Å². The molecule has 0 aromatic rings. The predicted octanol–water partition coefficient (Wildman–Crippen LogP) is -3.28. The van der Waals surface area contributed by atoms with Crippen LogP contribution in [-0.2, 0) is 19.2 Å². The highest BCUT2D eigenvalue weighted by atomic mass is 16.4. The molecule has 0 aliphatic heterocycles. The van der Waals surface area contributed by atoms with Gasteiger partial charge >= 0.3 is 5.97 Å². The lowest BCUT2D eigenvalue weighted by Gasteiger charge is -2.16. The highest BCUT2D eigenvalue weighted by molar-refractivity contribution is 5.89. The number of likely N-dealkylation sites (N-methyl/N-ethyl adjacent to an activating group) is 1. The van der Waals surface area contributed by atoms with Crippen molar-refractivity contribution in [1.82, 2.24) is 15.5 Å². The Kier molecular flexibility index (Phi) is 7.05. The first kappa shape index (κ1) is 15.8. The van der Waals surface area contributed by atoms with Crippen molar-refractivity contribution in [2.24, 2.45) is 5.73 Å². The van der Waals surface area contributed by atoms with Crippen LogP contribution in [0, 0.1) is 0 Å². The lowest BCUT2D eigenvalue weighted by Crippen LogP contribution is -2.44. The minimum absolute atomic E-state index is 0.226. The van der Waals surface area contributed by atoms with E-state index in [0.717, 1.165) is 4.90 Å². The molecule has 9 heteroatoms. The van der Waals surface area contributed by atoms with Gasteiger partial charge in [0.05, 0.1) is 19.6 Å². The van der Waals surface area contributed by atoms with Crippen LogP contribution in [0.4, 0.5) is 0 Å². The minimum Gasteiger partial charge on any atom is -0.480 e. The third-order valence-electron chi connectivity index (χ3n) is 1.87. The number of carboxylic acids is 1. The number of carbonyl (C=O) groups is 4. The van der Waals surface area contributed by atoms with Gasteiger partial charge in [0.15, 0.2) is 0 Å². The van der Waals surface area contributed by atoms with Crippen molar-refractivity contribution in [2.75, 3.05) is 33.2 Å². The van der Waals surface area contributed by atoms with Gasteiger partial charge in [0.1, 0.15) is 6.54 Å². The van der Waals surface area contributed by atoms with Crippen molar-refractivity contribution in [3.8, 4) is 0 Å². The summed E-state index contributed by atoms with van der Waals surface area (Å²) >= 11 is 0. The molecule has 0 spiro atoms. The fraction of sp³-hybridized carbons (Fsp3) is 0.556. The summed E-state index contributed by atoms with van der Waals surface area (Å²) in [6.07, 6.45) is 0. The molecular formula is C9H16N4O5. The van der Waals surface area contributed by atoms with Gasteiger partial charge in [-0.05, 0) is 0 Å². The zero-order valence-electron chi connectivity index (χ0n) is 9.93. The number of hydrogen-bond donors (Lipinski definition) is 4. The van der Waals surface area contributed by atoms with Crippen molar-refractivity contribution in [3.05, 3.63) is 0 Å². The molecule has 0 aliphatic rings. The van der Waals surface area contributed by atoms with Crippen LogP contribution in [0.1, 0.15) is 0 Å². The maximum atomic E-state index is 11.4. The second kappa shape index (κ2) is 8.01. The monoisotopic (exact) mass is 260 g/mol. The van der Waals surface area contributed by atoms with Gasteiger partial charge in [-0.25, -0.2) is 0 Å². The lowest BCUT2D eigenvalue weighted by atomic mass is 10.4. The van der Waals surface area contributed by atoms with E-state index < -0.39 is 30.2 Å². The summed E-state index contributed by atoms with van der Waals surface area (Å²) in [5, 5.41) is 12.7. The van der Waals surface area contributed by atoms with E-state index in [0.29, 0.717) is 0 Å². The Bertz CT molecular complexity index is 344. The van der Waals surface area contributed by atoms with Crippen molar-refractivity contribution >= 4 is 23.7 Å². The maximum Gasteiger partial charge on any atom is 0.322 e. The second-order valence-electron chi connectivity index (χ2n) is 3.40. The molecule has 0 saturated carbocycles. The summed E-state index contributed by atoms with van der Waals surface area (Å²) in [6, 6.07) is 0. The van der Waals surface area contributed by atoms with Crippen molar-refractivity contribution in [1.29, 1.82) is 0 Å². The van der Waals surface area contributed by atoms with E-state index in [1.807, 2.05) is 0 Å². The highest BCUT2D eigenvalue weighted by Gasteiger charge is 2.13. The molecule has 3 amide bonds. The molecule has 0 bridgehead atoms. The standard InChI is InChI=1S/C9H16N4O5/c1-13(5-7(15)12-4-9(17)18)8(16)3-11-6(14)2-10/h2-5,10H2,1H3,(H,11,14)(H,12,15)(H,17,18). The normalized spacial score (nSPS) is 9.44. The molecule has 0 saturated heterocycles. The molecule has 0 heterocycles. The van der Waals surface area contributed by atoms with E-state index in [1.54, 1.807) is 0 Å². The summed E-state index contributed by atoms with van der Waals surface area (Å²) in [7, 11) is 1.36. The Morgan fingerprint density at radius 2 is 1.67 bits per heavy atom. The fourth-order valence-electron chi connectivity index (χ4n) is 0.915. The molecule has 102 valence electrons. The van der Waals surface area contributed by atoms with Crippen LogP contribution in [0.3, 0.4) is 0 Å². The SMILES string of the molecule is CN(CC(=O)NCC(=O)O)C(=O)CNC(=O)CN. The van der Waals surface area contributed by atoms with Crippen LogP contribution >= 0.6 is 0 Å². The fourth-order valence-corrected chi connectivity index (χ4v) is 0.915. The molecule has 18 heavy (non-hydrogen) atoms.